The minimum Gasteiger partial charge on any atom is -0.293 e. The van der Waals surface area contributed by atoms with E-state index in [9.17, 15) is 18.0 Å². The van der Waals surface area contributed by atoms with Crippen LogP contribution in [0.5, 0.6) is 0 Å². The Morgan fingerprint density at radius 2 is 1.90 bits per heavy atom. The van der Waals surface area contributed by atoms with Crippen molar-refractivity contribution in [3.8, 4) is 10.4 Å². The average molecular weight is 375 g/mol. The summed E-state index contributed by atoms with van der Waals surface area (Å²) in [6, 6.07) is 7.21. The Bertz CT molecular complexity index is 701. The predicted octanol–water partition coefficient (Wildman–Crippen LogP) is 5.79. The van der Waals surface area contributed by atoms with Gasteiger partial charge in [-0.2, -0.15) is 13.2 Å². The number of halogens is 4. The fourth-order valence-electron chi connectivity index (χ4n) is 2.07. The number of Topliss-reactive ketones (excluding diaryl/α,β-unsaturated/α-hetero) is 1. The molecule has 6 heteroatoms. The number of hydrogen-bond acceptors (Lipinski definition) is 2. The van der Waals surface area contributed by atoms with E-state index in [1.165, 1.54) is 11.3 Å². The van der Waals surface area contributed by atoms with Gasteiger partial charge in [0.05, 0.1) is 10.4 Å². The molecule has 0 bridgehead atoms. The molecule has 0 atom stereocenters. The summed E-state index contributed by atoms with van der Waals surface area (Å²) in [5.74, 6) is 0.224. The number of benzene rings is 1. The molecule has 110 valence electrons. The number of thiophene rings is 1. The van der Waals surface area contributed by atoms with Crippen molar-refractivity contribution in [1.29, 1.82) is 0 Å². The first-order chi connectivity index (χ1) is 9.84. The fourth-order valence-corrected chi connectivity index (χ4v) is 3.57. The largest absolute Gasteiger partial charge is 0.416 e. The van der Waals surface area contributed by atoms with Gasteiger partial charge in [0.15, 0.2) is 5.78 Å². The van der Waals surface area contributed by atoms with Gasteiger partial charge in [0.2, 0.25) is 0 Å². The molecular formula is C15H10BrF3OS. The van der Waals surface area contributed by atoms with Gasteiger partial charge in [-0.1, -0.05) is 15.9 Å². The van der Waals surface area contributed by atoms with E-state index in [1.807, 2.05) is 0 Å². The minimum absolute atomic E-state index is 0.109. The van der Waals surface area contributed by atoms with Crippen LogP contribution in [-0.2, 0) is 6.18 Å². The molecule has 2 aromatic rings. The molecule has 0 amide bonds. The summed E-state index contributed by atoms with van der Waals surface area (Å²) in [5.41, 5.74) is -0.230. The Kier molecular flexibility index (Phi) is 3.69. The molecule has 0 aliphatic heterocycles. The van der Waals surface area contributed by atoms with Crippen molar-refractivity contribution in [2.75, 3.05) is 0 Å². The van der Waals surface area contributed by atoms with Crippen molar-refractivity contribution in [3.63, 3.8) is 0 Å². The highest BCUT2D eigenvalue weighted by atomic mass is 79.9. The molecule has 0 N–H and O–H groups in total. The Labute approximate surface area is 131 Å². The quantitative estimate of drug-likeness (QED) is 0.621. The van der Waals surface area contributed by atoms with Crippen LogP contribution in [0.1, 0.15) is 28.1 Å². The zero-order valence-electron chi connectivity index (χ0n) is 10.7. The van der Waals surface area contributed by atoms with E-state index in [1.54, 1.807) is 18.2 Å². The highest BCUT2D eigenvalue weighted by Crippen LogP contribution is 2.39. The average Bonchev–Trinajstić information content (AvgIpc) is 3.13. The molecule has 1 aromatic heterocycles. The molecule has 0 spiro atoms. The van der Waals surface area contributed by atoms with E-state index >= 15 is 0 Å². The van der Waals surface area contributed by atoms with E-state index in [0.717, 1.165) is 25.0 Å². The Morgan fingerprint density at radius 3 is 2.52 bits per heavy atom. The molecule has 1 saturated carbocycles. The second-order valence-corrected chi connectivity index (χ2v) is 7.03. The van der Waals surface area contributed by atoms with Crippen LogP contribution in [0.3, 0.4) is 0 Å². The van der Waals surface area contributed by atoms with Crippen LogP contribution >= 0.6 is 27.3 Å². The Hall–Kier alpha value is -1.14. The van der Waals surface area contributed by atoms with Gasteiger partial charge in [-0.3, -0.25) is 4.79 Å². The van der Waals surface area contributed by atoms with Crippen LogP contribution in [0.25, 0.3) is 10.4 Å². The van der Waals surface area contributed by atoms with Gasteiger partial charge >= 0.3 is 6.18 Å². The predicted molar refractivity (Wildman–Crippen MR) is 79.5 cm³/mol. The third-order valence-corrected chi connectivity index (χ3v) is 4.91. The Morgan fingerprint density at radius 1 is 1.19 bits per heavy atom. The van der Waals surface area contributed by atoms with Crippen molar-refractivity contribution in [2.24, 2.45) is 5.92 Å². The third kappa shape index (κ3) is 3.21. The van der Waals surface area contributed by atoms with Crippen LogP contribution in [0.4, 0.5) is 13.2 Å². The summed E-state index contributed by atoms with van der Waals surface area (Å²) >= 11 is 4.36. The van der Waals surface area contributed by atoms with Gasteiger partial charge < -0.3 is 0 Å². The maximum Gasteiger partial charge on any atom is 0.416 e. The number of carbonyl (C=O) groups excluding carboxylic acids is 1. The maximum absolute atomic E-state index is 12.8. The topological polar surface area (TPSA) is 17.1 Å². The lowest BCUT2D eigenvalue weighted by molar-refractivity contribution is -0.137. The summed E-state index contributed by atoms with van der Waals surface area (Å²) in [4.78, 5) is 13.3. The van der Waals surface area contributed by atoms with Crippen molar-refractivity contribution in [3.05, 3.63) is 45.2 Å². The van der Waals surface area contributed by atoms with Crippen LogP contribution in [0.15, 0.2) is 34.8 Å². The summed E-state index contributed by atoms with van der Waals surface area (Å²) in [5, 5.41) is 0. The standard InChI is InChI=1S/C15H10BrF3OS/c16-11-6-9(5-10(7-11)15(17,18)19)12-3-4-13(21-12)14(20)8-1-2-8/h3-8H,1-2H2. The summed E-state index contributed by atoms with van der Waals surface area (Å²) in [6.45, 7) is 0. The minimum atomic E-state index is -4.39. The normalized spacial score (nSPS) is 15.2. The third-order valence-electron chi connectivity index (χ3n) is 3.31. The van der Waals surface area contributed by atoms with Gasteiger partial charge in [0, 0.05) is 15.3 Å². The highest BCUT2D eigenvalue weighted by Gasteiger charge is 2.32. The van der Waals surface area contributed by atoms with Gasteiger partial charge in [-0.05, 0) is 48.7 Å². The Balaban J connectivity index is 1.96. The highest BCUT2D eigenvalue weighted by molar-refractivity contribution is 9.10. The van der Waals surface area contributed by atoms with E-state index in [-0.39, 0.29) is 11.7 Å². The van der Waals surface area contributed by atoms with E-state index in [4.69, 9.17) is 0 Å². The van der Waals surface area contributed by atoms with Crippen molar-refractivity contribution in [1.82, 2.24) is 0 Å². The van der Waals surface area contributed by atoms with Gasteiger partial charge in [0.25, 0.3) is 0 Å². The number of carbonyl (C=O) groups is 1. The molecule has 0 saturated heterocycles. The molecular weight excluding hydrogens is 365 g/mol. The zero-order chi connectivity index (χ0) is 15.2. The first-order valence-electron chi connectivity index (χ1n) is 6.37. The van der Waals surface area contributed by atoms with Crippen LogP contribution in [0.2, 0.25) is 0 Å². The maximum atomic E-state index is 12.8. The second-order valence-electron chi connectivity index (χ2n) is 5.03. The number of rotatable bonds is 3. The molecule has 0 unspecified atom stereocenters. The van der Waals surface area contributed by atoms with Crippen LogP contribution in [-0.4, -0.2) is 5.78 Å². The SMILES string of the molecule is O=C(c1ccc(-c2cc(Br)cc(C(F)(F)F)c2)s1)C1CC1. The molecule has 21 heavy (non-hydrogen) atoms. The molecule has 1 aliphatic rings. The van der Waals surface area contributed by atoms with Crippen molar-refractivity contribution in [2.45, 2.75) is 19.0 Å². The lowest BCUT2D eigenvalue weighted by atomic mass is 10.1. The molecule has 1 aromatic carbocycles. The number of hydrogen-bond donors (Lipinski definition) is 0. The van der Waals surface area contributed by atoms with Crippen molar-refractivity contribution >= 4 is 33.0 Å². The fraction of sp³-hybridized carbons (Fsp3) is 0.267. The first-order valence-corrected chi connectivity index (χ1v) is 7.98. The summed E-state index contributed by atoms with van der Waals surface area (Å²) < 4.78 is 38.9. The van der Waals surface area contributed by atoms with E-state index < -0.39 is 11.7 Å². The molecule has 1 nitrogen and oxygen atoms in total. The lowest BCUT2D eigenvalue weighted by Crippen LogP contribution is -2.04. The van der Waals surface area contributed by atoms with Gasteiger partial charge in [-0.25, -0.2) is 0 Å². The second kappa shape index (κ2) is 5.25. The smallest absolute Gasteiger partial charge is 0.293 e. The summed E-state index contributed by atoms with van der Waals surface area (Å²) in [7, 11) is 0. The van der Waals surface area contributed by atoms with Crippen molar-refractivity contribution < 1.29 is 18.0 Å². The van der Waals surface area contributed by atoms with Crippen LogP contribution in [0, 0.1) is 5.92 Å². The lowest BCUT2D eigenvalue weighted by Gasteiger charge is -2.09. The summed E-state index contributed by atoms with van der Waals surface area (Å²) in [6.07, 6.45) is -2.55. The van der Waals surface area contributed by atoms with Crippen LogP contribution < -0.4 is 0 Å². The first kappa shape index (κ1) is 14.8. The molecule has 3 rings (SSSR count). The molecule has 1 heterocycles. The van der Waals surface area contributed by atoms with E-state index in [0.29, 0.717) is 19.8 Å². The molecule has 1 aliphatic carbocycles. The van der Waals surface area contributed by atoms with Gasteiger partial charge in [-0.15, -0.1) is 11.3 Å². The number of alkyl halides is 3. The van der Waals surface area contributed by atoms with E-state index in [2.05, 4.69) is 15.9 Å². The molecule has 0 radical (unpaired) electrons. The van der Waals surface area contributed by atoms with Gasteiger partial charge in [0.1, 0.15) is 0 Å². The monoisotopic (exact) mass is 374 g/mol. The molecule has 1 fully saturated rings. The number of ketones is 1. The zero-order valence-corrected chi connectivity index (χ0v) is 13.1.